The van der Waals surface area contributed by atoms with E-state index in [-0.39, 0.29) is 6.61 Å². The zero-order valence-corrected chi connectivity index (χ0v) is 9.18. The number of phosphoric ester groups is 1. The van der Waals surface area contributed by atoms with Crippen LogP contribution in [0.1, 0.15) is 25.7 Å². The topological polar surface area (TPSA) is 81.8 Å². The predicted octanol–water partition coefficient (Wildman–Crippen LogP) is 1.48. The Labute approximate surface area is 83.8 Å². The summed E-state index contributed by atoms with van der Waals surface area (Å²) in [6, 6.07) is 0. The second kappa shape index (κ2) is 7.79. The van der Waals surface area contributed by atoms with Crippen LogP contribution in [0, 0.1) is 0 Å². The molecule has 0 saturated heterocycles. The Balaban J connectivity index is 3.21. The SMILES string of the molecule is NCCCCCCOP(=O)(O)OS. The van der Waals surface area contributed by atoms with Crippen LogP contribution in [-0.2, 0) is 13.1 Å². The number of hydrogen-bond acceptors (Lipinski definition) is 5. The van der Waals surface area contributed by atoms with Crippen LogP contribution in [0.2, 0.25) is 0 Å². The summed E-state index contributed by atoms with van der Waals surface area (Å²) in [4.78, 5) is 8.74. The minimum Gasteiger partial charge on any atom is -0.330 e. The van der Waals surface area contributed by atoms with Crippen LogP contribution in [-0.4, -0.2) is 18.0 Å². The van der Waals surface area contributed by atoms with Crippen molar-refractivity contribution < 1.29 is 18.0 Å². The van der Waals surface area contributed by atoms with Crippen LogP contribution in [0.5, 0.6) is 0 Å². The molecule has 0 aromatic rings. The summed E-state index contributed by atoms with van der Waals surface area (Å²) in [5.41, 5.74) is 5.29. The molecular formula is C6H16NO4PS. The van der Waals surface area contributed by atoms with Gasteiger partial charge in [-0.25, -0.2) is 8.54 Å². The monoisotopic (exact) mass is 229 g/mol. The average Bonchev–Trinajstić information content (AvgIpc) is 2.11. The first-order valence-electron chi connectivity index (χ1n) is 4.13. The zero-order valence-electron chi connectivity index (χ0n) is 7.39. The van der Waals surface area contributed by atoms with Crippen molar-refractivity contribution in [2.45, 2.75) is 25.7 Å². The molecule has 0 bridgehead atoms. The lowest BCUT2D eigenvalue weighted by molar-refractivity contribution is 0.208. The van der Waals surface area contributed by atoms with E-state index in [0.717, 1.165) is 25.7 Å². The van der Waals surface area contributed by atoms with Crippen LogP contribution in [0.4, 0.5) is 0 Å². The molecule has 0 aliphatic carbocycles. The molecule has 0 amide bonds. The molecule has 80 valence electrons. The van der Waals surface area contributed by atoms with Crippen LogP contribution in [0.25, 0.3) is 0 Å². The van der Waals surface area contributed by atoms with Gasteiger partial charge in [-0.15, -0.1) is 0 Å². The maximum Gasteiger partial charge on any atom is 0.483 e. The Morgan fingerprint density at radius 1 is 1.31 bits per heavy atom. The lowest BCUT2D eigenvalue weighted by Gasteiger charge is -2.07. The third-order valence-electron chi connectivity index (χ3n) is 1.46. The van der Waals surface area contributed by atoms with Crippen LogP contribution < -0.4 is 5.73 Å². The molecule has 5 nitrogen and oxygen atoms in total. The molecule has 0 spiro atoms. The highest BCUT2D eigenvalue weighted by Gasteiger charge is 2.18. The summed E-state index contributed by atoms with van der Waals surface area (Å²) in [7, 11) is -3.89. The van der Waals surface area contributed by atoms with Gasteiger partial charge in [0.15, 0.2) is 0 Å². The second-order valence-electron chi connectivity index (χ2n) is 2.59. The molecule has 1 atom stereocenters. The lowest BCUT2D eigenvalue weighted by Crippen LogP contribution is -1.98. The lowest BCUT2D eigenvalue weighted by atomic mass is 10.2. The fourth-order valence-electron chi connectivity index (χ4n) is 0.803. The molecule has 13 heavy (non-hydrogen) atoms. The van der Waals surface area contributed by atoms with Gasteiger partial charge in [0.05, 0.1) is 6.61 Å². The van der Waals surface area contributed by atoms with Crippen molar-refractivity contribution in [3.8, 4) is 0 Å². The number of phosphoric acid groups is 1. The summed E-state index contributed by atoms with van der Waals surface area (Å²) < 4.78 is 19.2. The van der Waals surface area contributed by atoms with E-state index in [9.17, 15) is 4.57 Å². The van der Waals surface area contributed by atoms with Gasteiger partial charge in [-0.05, 0) is 32.3 Å². The smallest absolute Gasteiger partial charge is 0.330 e. The van der Waals surface area contributed by atoms with E-state index >= 15 is 0 Å². The van der Waals surface area contributed by atoms with Gasteiger partial charge in [-0.3, -0.25) is 4.52 Å². The molecular weight excluding hydrogens is 213 g/mol. The summed E-state index contributed by atoms with van der Waals surface area (Å²) in [5.74, 6) is 0. The van der Waals surface area contributed by atoms with Crippen molar-refractivity contribution >= 4 is 20.7 Å². The fraction of sp³-hybridized carbons (Fsp3) is 1.00. The maximum atomic E-state index is 10.7. The van der Waals surface area contributed by atoms with Gasteiger partial charge in [-0.1, -0.05) is 12.8 Å². The highest BCUT2D eigenvalue weighted by Crippen LogP contribution is 2.44. The van der Waals surface area contributed by atoms with Gasteiger partial charge in [0.25, 0.3) is 0 Å². The molecule has 0 aliphatic heterocycles. The van der Waals surface area contributed by atoms with Crippen molar-refractivity contribution in [2.24, 2.45) is 5.73 Å². The van der Waals surface area contributed by atoms with E-state index < -0.39 is 7.82 Å². The van der Waals surface area contributed by atoms with Crippen molar-refractivity contribution in [1.29, 1.82) is 0 Å². The third-order valence-corrected chi connectivity index (χ3v) is 2.79. The molecule has 7 heteroatoms. The van der Waals surface area contributed by atoms with E-state index in [2.05, 4.69) is 21.4 Å². The van der Waals surface area contributed by atoms with E-state index in [1.807, 2.05) is 0 Å². The molecule has 3 N–H and O–H groups in total. The number of thiol groups is 1. The summed E-state index contributed by atoms with van der Waals surface area (Å²) in [6.45, 7) is 0.887. The molecule has 0 aromatic carbocycles. The quantitative estimate of drug-likeness (QED) is 0.254. The van der Waals surface area contributed by atoms with Gasteiger partial charge < -0.3 is 10.6 Å². The highest BCUT2D eigenvalue weighted by atomic mass is 32.1. The molecule has 0 heterocycles. The van der Waals surface area contributed by atoms with Gasteiger partial charge in [0, 0.05) is 0 Å². The van der Waals surface area contributed by atoms with E-state index in [4.69, 9.17) is 10.6 Å². The van der Waals surface area contributed by atoms with Gasteiger partial charge in [0.1, 0.15) is 0 Å². The van der Waals surface area contributed by atoms with Crippen molar-refractivity contribution in [3.05, 3.63) is 0 Å². The van der Waals surface area contributed by atoms with Crippen molar-refractivity contribution in [2.75, 3.05) is 13.2 Å². The standard InChI is InChI=1S/C6H16NO4PS/c7-5-3-1-2-4-6-10-12(8,9)11-13/h13H,1-7H2,(H,8,9). The van der Waals surface area contributed by atoms with E-state index in [1.54, 1.807) is 0 Å². The number of rotatable bonds is 8. The molecule has 0 aliphatic rings. The average molecular weight is 229 g/mol. The van der Waals surface area contributed by atoms with Crippen molar-refractivity contribution in [3.63, 3.8) is 0 Å². The Morgan fingerprint density at radius 3 is 2.46 bits per heavy atom. The van der Waals surface area contributed by atoms with E-state index in [0.29, 0.717) is 6.54 Å². The van der Waals surface area contributed by atoms with Gasteiger partial charge in [-0.2, -0.15) is 0 Å². The second-order valence-corrected chi connectivity index (χ2v) is 4.43. The Bertz CT molecular complexity index is 169. The van der Waals surface area contributed by atoms with Crippen LogP contribution >= 0.6 is 20.7 Å². The Morgan fingerprint density at radius 2 is 1.92 bits per heavy atom. The minimum atomic E-state index is -3.89. The first-order chi connectivity index (χ1) is 6.12. The molecule has 0 rings (SSSR count). The summed E-state index contributed by atoms with van der Waals surface area (Å²) in [6.07, 6.45) is 3.64. The van der Waals surface area contributed by atoms with Crippen LogP contribution in [0.15, 0.2) is 0 Å². The highest BCUT2D eigenvalue weighted by molar-refractivity contribution is 7.80. The summed E-state index contributed by atoms with van der Waals surface area (Å²) >= 11 is 3.21. The summed E-state index contributed by atoms with van der Waals surface area (Å²) in [5, 5.41) is 0. The predicted molar refractivity (Wildman–Crippen MR) is 53.4 cm³/mol. The number of nitrogens with two attached hydrogens (primary N) is 1. The largest absolute Gasteiger partial charge is 0.483 e. The maximum absolute atomic E-state index is 10.7. The number of hydrogen-bond donors (Lipinski definition) is 3. The van der Waals surface area contributed by atoms with Gasteiger partial charge >= 0.3 is 7.82 Å². The molecule has 0 fully saturated rings. The fourth-order valence-corrected chi connectivity index (χ4v) is 1.35. The third kappa shape index (κ3) is 8.74. The molecule has 0 radical (unpaired) electrons. The normalized spacial score (nSPS) is 15.6. The first kappa shape index (κ1) is 13.4. The Hall–Kier alpha value is 0.420. The first-order valence-corrected chi connectivity index (χ1v) is 5.99. The molecule has 1 unspecified atom stereocenters. The minimum absolute atomic E-state index is 0.207. The number of unbranched alkanes of at least 4 members (excludes halogenated alkanes) is 3. The van der Waals surface area contributed by atoms with Crippen LogP contribution in [0.3, 0.4) is 0 Å². The molecule has 0 saturated carbocycles. The van der Waals surface area contributed by atoms with Gasteiger partial charge in [0.2, 0.25) is 0 Å². The van der Waals surface area contributed by atoms with E-state index in [1.165, 1.54) is 0 Å². The van der Waals surface area contributed by atoms with Crippen molar-refractivity contribution in [1.82, 2.24) is 0 Å². The Kier molecular flexibility index (Phi) is 8.04. The zero-order chi connectivity index (χ0) is 10.2. The molecule has 0 aromatic heterocycles.